The Morgan fingerprint density at radius 1 is 1.28 bits per heavy atom. The fourth-order valence-electron chi connectivity index (χ4n) is 3.39. The Balaban J connectivity index is 2.02. The minimum Gasteiger partial charge on any atom is -0.493 e. The molecule has 1 aliphatic heterocycles. The molecule has 9 heteroatoms. The molecule has 164 valence electrons. The molecule has 1 unspecified atom stereocenters. The van der Waals surface area contributed by atoms with Gasteiger partial charge in [-0.25, -0.2) is 12.7 Å². The van der Waals surface area contributed by atoms with E-state index in [4.69, 9.17) is 9.47 Å². The number of rotatable bonds is 10. The van der Waals surface area contributed by atoms with Crippen LogP contribution in [0.4, 0.5) is 5.69 Å². The average molecular weight is 428 g/mol. The number of piperidine rings is 1. The van der Waals surface area contributed by atoms with Crippen LogP contribution < -0.4 is 14.8 Å². The monoisotopic (exact) mass is 427 g/mol. The van der Waals surface area contributed by atoms with Crippen LogP contribution in [0.3, 0.4) is 0 Å². The van der Waals surface area contributed by atoms with Crippen LogP contribution in [-0.4, -0.2) is 76.2 Å². The molecule has 1 aromatic rings. The zero-order valence-corrected chi connectivity index (χ0v) is 18.6. The Morgan fingerprint density at radius 2 is 2.00 bits per heavy atom. The molecule has 1 aliphatic rings. The van der Waals surface area contributed by atoms with Crippen LogP contribution in [0.2, 0.25) is 0 Å². The maximum absolute atomic E-state index is 12.7. The van der Waals surface area contributed by atoms with Crippen molar-refractivity contribution in [2.75, 3.05) is 58.0 Å². The number of carbonyl (C=O) groups is 1. The molecule has 1 aromatic carbocycles. The SMILES string of the molecule is CCN(CC)CCOc1cc(NC(=O)C2CCCN(S(C)(=O)=O)C2)ccc1OC. The third kappa shape index (κ3) is 6.87. The minimum absolute atomic E-state index is 0.183. The van der Waals surface area contributed by atoms with Crippen molar-refractivity contribution in [2.24, 2.45) is 5.92 Å². The van der Waals surface area contributed by atoms with Crippen LogP contribution in [0.1, 0.15) is 26.7 Å². The molecule has 0 aromatic heterocycles. The normalized spacial score (nSPS) is 17.9. The number of amides is 1. The Kier molecular flexibility index (Phi) is 8.73. The van der Waals surface area contributed by atoms with Crippen molar-refractivity contribution in [1.82, 2.24) is 9.21 Å². The lowest BCUT2D eigenvalue weighted by Crippen LogP contribution is -2.43. The number of nitrogens with one attached hydrogen (secondary N) is 1. The second-order valence-corrected chi connectivity index (χ2v) is 9.17. The number of anilines is 1. The van der Waals surface area contributed by atoms with E-state index in [2.05, 4.69) is 24.1 Å². The lowest BCUT2D eigenvalue weighted by atomic mass is 9.98. The van der Waals surface area contributed by atoms with E-state index in [-0.39, 0.29) is 18.4 Å². The molecule has 0 bridgehead atoms. The van der Waals surface area contributed by atoms with Crippen LogP contribution >= 0.6 is 0 Å². The number of benzene rings is 1. The molecular formula is C20H33N3O5S. The first-order valence-electron chi connectivity index (χ1n) is 10.1. The van der Waals surface area contributed by atoms with Gasteiger partial charge in [-0.1, -0.05) is 13.8 Å². The maximum atomic E-state index is 12.7. The highest BCUT2D eigenvalue weighted by Crippen LogP contribution is 2.31. The van der Waals surface area contributed by atoms with Crippen LogP contribution in [0, 0.1) is 5.92 Å². The summed E-state index contributed by atoms with van der Waals surface area (Å²) in [6.07, 6.45) is 2.52. The number of likely N-dealkylation sites (N-methyl/N-ethyl adjacent to an activating group) is 1. The lowest BCUT2D eigenvalue weighted by molar-refractivity contribution is -0.120. The molecule has 29 heavy (non-hydrogen) atoms. The number of hydrogen-bond acceptors (Lipinski definition) is 6. The maximum Gasteiger partial charge on any atom is 0.228 e. The van der Waals surface area contributed by atoms with Gasteiger partial charge in [0.15, 0.2) is 11.5 Å². The summed E-state index contributed by atoms with van der Waals surface area (Å²) < 4.78 is 36.2. The van der Waals surface area contributed by atoms with Crippen LogP contribution in [-0.2, 0) is 14.8 Å². The van der Waals surface area contributed by atoms with Crippen LogP contribution in [0.15, 0.2) is 18.2 Å². The Labute approximate surface area is 174 Å². The van der Waals surface area contributed by atoms with Crippen molar-refractivity contribution in [1.29, 1.82) is 0 Å². The van der Waals surface area contributed by atoms with Gasteiger partial charge in [0, 0.05) is 31.4 Å². The van der Waals surface area contributed by atoms with Gasteiger partial charge in [-0.3, -0.25) is 4.79 Å². The summed E-state index contributed by atoms with van der Waals surface area (Å²) in [4.78, 5) is 14.9. The summed E-state index contributed by atoms with van der Waals surface area (Å²) in [5.74, 6) is 0.618. The molecule has 1 atom stereocenters. The summed E-state index contributed by atoms with van der Waals surface area (Å²) in [5.41, 5.74) is 0.602. The largest absolute Gasteiger partial charge is 0.493 e. The van der Waals surface area contributed by atoms with E-state index in [1.54, 1.807) is 25.3 Å². The lowest BCUT2D eigenvalue weighted by Gasteiger charge is -2.30. The van der Waals surface area contributed by atoms with E-state index in [1.807, 2.05) is 0 Å². The van der Waals surface area contributed by atoms with Gasteiger partial charge < -0.3 is 19.7 Å². The first kappa shape index (κ1) is 23.4. The second-order valence-electron chi connectivity index (χ2n) is 7.19. The highest BCUT2D eigenvalue weighted by molar-refractivity contribution is 7.88. The van der Waals surface area contributed by atoms with Crippen LogP contribution in [0.25, 0.3) is 0 Å². The van der Waals surface area contributed by atoms with Crippen molar-refractivity contribution in [3.63, 3.8) is 0 Å². The zero-order valence-electron chi connectivity index (χ0n) is 17.8. The summed E-state index contributed by atoms with van der Waals surface area (Å²) in [6, 6.07) is 5.26. The molecule has 0 spiro atoms. The molecule has 1 N–H and O–H groups in total. The summed E-state index contributed by atoms with van der Waals surface area (Å²) in [5, 5.41) is 2.89. The summed E-state index contributed by atoms with van der Waals surface area (Å²) >= 11 is 0. The average Bonchev–Trinajstić information content (AvgIpc) is 2.71. The summed E-state index contributed by atoms with van der Waals surface area (Å²) in [6.45, 7) is 8.13. The van der Waals surface area contributed by atoms with E-state index in [0.717, 1.165) is 19.6 Å². The fraction of sp³-hybridized carbons (Fsp3) is 0.650. The molecule has 8 nitrogen and oxygen atoms in total. The van der Waals surface area contributed by atoms with Gasteiger partial charge in [0.2, 0.25) is 15.9 Å². The predicted octanol–water partition coefficient (Wildman–Crippen LogP) is 2.03. The van der Waals surface area contributed by atoms with Crippen molar-refractivity contribution in [3.8, 4) is 11.5 Å². The van der Waals surface area contributed by atoms with Crippen LogP contribution in [0.5, 0.6) is 11.5 Å². The molecule has 1 amide bonds. The Bertz CT molecular complexity index is 780. The van der Waals surface area contributed by atoms with Gasteiger partial charge in [-0.2, -0.15) is 0 Å². The molecule has 0 aliphatic carbocycles. The number of ether oxygens (including phenoxy) is 2. The molecule has 2 rings (SSSR count). The van der Waals surface area contributed by atoms with Crippen molar-refractivity contribution in [3.05, 3.63) is 18.2 Å². The van der Waals surface area contributed by atoms with E-state index in [1.165, 1.54) is 10.6 Å². The quantitative estimate of drug-likeness (QED) is 0.615. The summed E-state index contributed by atoms with van der Waals surface area (Å²) in [7, 11) is -1.71. The Morgan fingerprint density at radius 3 is 2.62 bits per heavy atom. The number of sulfonamides is 1. The van der Waals surface area contributed by atoms with Gasteiger partial charge >= 0.3 is 0 Å². The highest BCUT2D eigenvalue weighted by Gasteiger charge is 2.30. The van der Waals surface area contributed by atoms with E-state index in [9.17, 15) is 13.2 Å². The van der Waals surface area contributed by atoms with E-state index < -0.39 is 10.0 Å². The van der Waals surface area contributed by atoms with E-state index >= 15 is 0 Å². The number of carbonyl (C=O) groups excluding carboxylic acids is 1. The van der Waals surface area contributed by atoms with Gasteiger partial charge in [-0.15, -0.1) is 0 Å². The van der Waals surface area contributed by atoms with Gasteiger partial charge in [0.1, 0.15) is 6.61 Å². The number of hydrogen-bond donors (Lipinski definition) is 1. The Hall–Kier alpha value is -1.84. The predicted molar refractivity (Wildman–Crippen MR) is 114 cm³/mol. The molecular weight excluding hydrogens is 394 g/mol. The van der Waals surface area contributed by atoms with Gasteiger partial charge in [-0.05, 0) is 38.1 Å². The third-order valence-electron chi connectivity index (χ3n) is 5.21. The molecule has 1 heterocycles. The molecule has 0 radical (unpaired) electrons. The first-order valence-corrected chi connectivity index (χ1v) is 11.9. The second kappa shape index (κ2) is 10.8. The smallest absolute Gasteiger partial charge is 0.228 e. The fourth-order valence-corrected chi connectivity index (χ4v) is 4.31. The van der Waals surface area contributed by atoms with E-state index in [0.29, 0.717) is 43.2 Å². The van der Waals surface area contributed by atoms with Gasteiger partial charge in [0.25, 0.3) is 0 Å². The first-order chi connectivity index (χ1) is 13.8. The molecule has 1 fully saturated rings. The third-order valence-corrected chi connectivity index (χ3v) is 6.48. The standard InChI is InChI=1S/C20H33N3O5S/c1-5-22(6-2)12-13-28-19-14-17(9-10-18(19)27-3)21-20(24)16-8-7-11-23(15-16)29(4,25)26/h9-10,14,16H,5-8,11-13,15H2,1-4H3,(H,21,24). The topological polar surface area (TPSA) is 88.2 Å². The number of methoxy groups -OCH3 is 1. The van der Waals surface area contributed by atoms with Crippen molar-refractivity contribution >= 4 is 21.6 Å². The minimum atomic E-state index is -3.29. The van der Waals surface area contributed by atoms with Gasteiger partial charge in [0.05, 0.1) is 19.3 Å². The van der Waals surface area contributed by atoms with Crippen molar-refractivity contribution in [2.45, 2.75) is 26.7 Å². The highest BCUT2D eigenvalue weighted by atomic mass is 32.2. The zero-order chi connectivity index (χ0) is 21.4. The van der Waals surface area contributed by atoms with Crippen molar-refractivity contribution < 1.29 is 22.7 Å². The molecule has 0 saturated carbocycles. The molecule has 1 saturated heterocycles. The number of nitrogens with zero attached hydrogens (tertiary/aromatic N) is 2.